The zero-order valence-corrected chi connectivity index (χ0v) is 7.93. The molecular weight excluding hydrogens is 169 g/mol. The second-order valence-corrected chi connectivity index (χ2v) is 2.88. The van der Waals surface area contributed by atoms with Crippen molar-refractivity contribution >= 4 is 5.69 Å². The van der Waals surface area contributed by atoms with Crippen LogP contribution < -0.4 is 5.32 Å². The molecule has 0 heterocycles. The number of halogens is 1. The second kappa shape index (κ2) is 4.82. The molecule has 0 aliphatic rings. The van der Waals surface area contributed by atoms with Gasteiger partial charge in [0.15, 0.2) is 0 Å². The molecule has 0 aliphatic heterocycles. The van der Waals surface area contributed by atoms with Crippen LogP contribution in [0.2, 0.25) is 0 Å². The number of nitrogens with one attached hydrogen (secondary N) is 1. The topological polar surface area (TPSA) is 21.3 Å². The average molecular weight is 183 g/mol. The Bertz CT molecular complexity index is 276. The van der Waals surface area contributed by atoms with Crippen LogP contribution in [0, 0.1) is 12.7 Å². The highest BCUT2D eigenvalue weighted by Crippen LogP contribution is 2.15. The lowest BCUT2D eigenvalue weighted by Crippen LogP contribution is -2.08. The maximum Gasteiger partial charge on any atom is 0.125 e. The quantitative estimate of drug-likeness (QED) is 0.722. The molecule has 0 saturated carbocycles. The number of methoxy groups -OCH3 is 1. The van der Waals surface area contributed by atoms with Gasteiger partial charge in [-0.2, -0.15) is 0 Å². The van der Waals surface area contributed by atoms with Crippen LogP contribution in [0.5, 0.6) is 0 Å². The van der Waals surface area contributed by atoms with Crippen molar-refractivity contribution in [2.75, 3.05) is 25.6 Å². The molecule has 0 spiro atoms. The van der Waals surface area contributed by atoms with Gasteiger partial charge >= 0.3 is 0 Å². The van der Waals surface area contributed by atoms with Crippen LogP contribution in [0.1, 0.15) is 5.56 Å². The van der Waals surface area contributed by atoms with Crippen LogP contribution in [0.4, 0.5) is 10.1 Å². The Hall–Kier alpha value is -1.09. The summed E-state index contributed by atoms with van der Waals surface area (Å²) in [5, 5.41) is 3.09. The van der Waals surface area contributed by atoms with Gasteiger partial charge in [0.2, 0.25) is 0 Å². The maximum absolute atomic E-state index is 12.8. The van der Waals surface area contributed by atoms with Crippen molar-refractivity contribution in [3.63, 3.8) is 0 Å². The zero-order valence-electron chi connectivity index (χ0n) is 7.93. The average Bonchev–Trinajstić information content (AvgIpc) is 2.11. The van der Waals surface area contributed by atoms with Crippen molar-refractivity contribution in [3.05, 3.63) is 29.6 Å². The third kappa shape index (κ3) is 3.03. The summed E-state index contributed by atoms with van der Waals surface area (Å²) in [7, 11) is 1.64. The van der Waals surface area contributed by atoms with E-state index in [1.54, 1.807) is 13.2 Å². The van der Waals surface area contributed by atoms with Gasteiger partial charge in [-0.3, -0.25) is 0 Å². The highest BCUT2D eigenvalue weighted by atomic mass is 19.1. The van der Waals surface area contributed by atoms with Crippen molar-refractivity contribution in [2.45, 2.75) is 6.92 Å². The van der Waals surface area contributed by atoms with E-state index in [0.717, 1.165) is 11.3 Å². The minimum atomic E-state index is -0.217. The van der Waals surface area contributed by atoms with Crippen molar-refractivity contribution in [1.82, 2.24) is 0 Å². The summed E-state index contributed by atoms with van der Waals surface area (Å²) in [6, 6.07) is 4.70. The van der Waals surface area contributed by atoms with E-state index < -0.39 is 0 Å². The SMILES string of the molecule is COCCNc1cc(F)ccc1C. The fourth-order valence-electron chi connectivity index (χ4n) is 1.07. The van der Waals surface area contributed by atoms with Gasteiger partial charge in [0, 0.05) is 19.3 Å². The lowest BCUT2D eigenvalue weighted by atomic mass is 10.2. The Labute approximate surface area is 77.7 Å². The summed E-state index contributed by atoms with van der Waals surface area (Å²) in [5.41, 5.74) is 1.87. The molecule has 1 aromatic rings. The first-order valence-corrected chi connectivity index (χ1v) is 4.23. The number of aryl methyl sites for hydroxylation is 1. The molecule has 0 radical (unpaired) electrons. The monoisotopic (exact) mass is 183 g/mol. The number of hydrogen-bond donors (Lipinski definition) is 1. The van der Waals surface area contributed by atoms with Gasteiger partial charge in [0.25, 0.3) is 0 Å². The molecule has 1 rings (SSSR count). The Kier molecular flexibility index (Phi) is 3.71. The van der Waals surface area contributed by atoms with Gasteiger partial charge in [-0.1, -0.05) is 6.07 Å². The van der Waals surface area contributed by atoms with Crippen LogP contribution in [-0.2, 0) is 4.74 Å². The van der Waals surface area contributed by atoms with Gasteiger partial charge in [0.1, 0.15) is 5.82 Å². The van der Waals surface area contributed by atoms with E-state index >= 15 is 0 Å². The molecule has 72 valence electrons. The van der Waals surface area contributed by atoms with Crippen LogP contribution in [-0.4, -0.2) is 20.3 Å². The van der Waals surface area contributed by atoms with Crippen LogP contribution in [0.3, 0.4) is 0 Å². The second-order valence-electron chi connectivity index (χ2n) is 2.88. The van der Waals surface area contributed by atoms with E-state index in [1.807, 2.05) is 6.92 Å². The largest absolute Gasteiger partial charge is 0.383 e. The first kappa shape index (κ1) is 9.99. The van der Waals surface area contributed by atoms with E-state index in [0.29, 0.717) is 13.2 Å². The molecule has 1 N–H and O–H groups in total. The van der Waals surface area contributed by atoms with E-state index in [1.165, 1.54) is 12.1 Å². The Balaban J connectivity index is 2.59. The molecule has 1 aromatic carbocycles. The van der Waals surface area contributed by atoms with Gasteiger partial charge in [0.05, 0.1) is 6.61 Å². The van der Waals surface area contributed by atoms with Gasteiger partial charge in [-0.25, -0.2) is 4.39 Å². The summed E-state index contributed by atoms with van der Waals surface area (Å²) < 4.78 is 17.7. The Morgan fingerprint density at radius 2 is 2.23 bits per heavy atom. The molecule has 2 nitrogen and oxygen atoms in total. The number of benzene rings is 1. The number of hydrogen-bond acceptors (Lipinski definition) is 2. The highest BCUT2D eigenvalue weighted by Gasteiger charge is 1.98. The molecule has 0 aromatic heterocycles. The van der Waals surface area contributed by atoms with E-state index in [-0.39, 0.29) is 5.82 Å². The predicted octanol–water partition coefficient (Wildman–Crippen LogP) is 2.19. The molecule has 0 atom stereocenters. The van der Waals surface area contributed by atoms with Crippen molar-refractivity contribution < 1.29 is 9.13 Å². The summed E-state index contributed by atoms with van der Waals surface area (Å²) in [4.78, 5) is 0. The predicted molar refractivity (Wildman–Crippen MR) is 51.5 cm³/mol. The van der Waals surface area contributed by atoms with Crippen molar-refractivity contribution in [1.29, 1.82) is 0 Å². The molecule has 0 fully saturated rings. The van der Waals surface area contributed by atoms with Gasteiger partial charge in [-0.05, 0) is 24.6 Å². The molecule has 0 unspecified atom stereocenters. The van der Waals surface area contributed by atoms with Crippen LogP contribution in [0.15, 0.2) is 18.2 Å². The van der Waals surface area contributed by atoms with Gasteiger partial charge < -0.3 is 10.1 Å². The number of ether oxygens (including phenoxy) is 1. The van der Waals surface area contributed by atoms with E-state index in [9.17, 15) is 4.39 Å². The van der Waals surface area contributed by atoms with E-state index in [4.69, 9.17) is 4.74 Å². The molecule has 3 heteroatoms. The van der Waals surface area contributed by atoms with Crippen molar-refractivity contribution in [2.24, 2.45) is 0 Å². The lowest BCUT2D eigenvalue weighted by Gasteiger charge is -2.08. The Morgan fingerprint density at radius 3 is 2.92 bits per heavy atom. The number of rotatable bonds is 4. The summed E-state index contributed by atoms with van der Waals surface area (Å²) in [5.74, 6) is -0.217. The standard InChI is InChI=1S/C10H14FNO/c1-8-3-4-9(11)7-10(8)12-5-6-13-2/h3-4,7,12H,5-6H2,1-2H3. The first-order chi connectivity index (χ1) is 6.24. The summed E-state index contributed by atoms with van der Waals surface area (Å²) in [6.07, 6.45) is 0. The fourth-order valence-corrected chi connectivity index (χ4v) is 1.07. The third-order valence-corrected chi connectivity index (χ3v) is 1.82. The van der Waals surface area contributed by atoms with Crippen LogP contribution in [0.25, 0.3) is 0 Å². The first-order valence-electron chi connectivity index (χ1n) is 4.23. The van der Waals surface area contributed by atoms with E-state index in [2.05, 4.69) is 5.32 Å². The smallest absolute Gasteiger partial charge is 0.125 e. The van der Waals surface area contributed by atoms with Gasteiger partial charge in [-0.15, -0.1) is 0 Å². The zero-order chi connectivity index (χ0) is 9.68. The van der Waals surface area contributed by atoms with Crippen LogP contribution >= 0.6 is 0 Å². The van der Waals surface area contributed by atoms with Crippen molar-refractivity contribution in [3.8, 4) is 0 Å². The fraction of sp³-hybridized carbons (Fsp3) is 0.400. The molecular formula is C10H14FNO. The minimum Gasteiger partial charge on any atom is -0.383 e. The highest BCUT2D eigenvalue weighted by molar-refractivity contribution is 5.50. The molecule has 0 saturated heterocycles. The maximum atomic E-state index is 12.8. The summed E-state index contributed by atoms with van der Waals surface area (Å²) >= 11 is 0. The third-order valence-electron chi connectivity index (χ3n) is 1.82. The normalized spacial score (nSPS) is 10.1. The molecule has 13 heavy (non-hydrogen) atoms. The minimum absolute atomic E-state index is 0.217. The molecule has 0 aliphatic carbocycles. The molecule has 0 amide bonds. The number of anilines is 1. The lowest BCUT2D eigenvalue weighted by molar-refractivity contribution is 0.211. The summed E-state index contributed by atoms with van der Waals surface area (Å²) in [6.45, 7) is 3.26. The Morgan fingerprint density at radius 1 is 1.46 bits per heavy atom. The molecule has 0 bridgehead atoms.